The average Bonchev–Trinajstić information content (AvgIpc) is 3.14. The van der Waals surface area contributed by atoms with Crippen LogP contribution in [0.4, 0.5) is 0 Å². The van der Waals surface area contributed by atoms with Gasteiger partial charge in [-0.1, -0.05) is 35.6 Å². The molecule has 1 N–H and O–H groups in total. The van der Waals surface area contributed by atoms with Crippen molar-refractivity contribution in [3.05, 3.63) is 71.2 Å². The molecule has 0 spiro atoms. The minimum atomic E-state index is -3.76. The smallest absolute Gasteiger partial charge is 0.278 e. The van der Waals surface area contributed by atoms with Crippen molar-refractivity contribution in [2.45, 2.75) is 11.4 Å². The first kappa shape index (κ1) is 17.1. The zero-order valence-corrected chi connectivity index (χ0v) is 14.5. The van der Waals surface area contributed by atoms with Crippen LogP contribution in [0.2, 0.25) is 0 Å². The fourth-order valence-corrected chi connectivity index (χ4v) is 3.76. The van der Waals surface area contributed by atoms with Gasteiger partial charge in [-0.15, -0.1) is 0 Å². The molecule has 0 bridgehead atoms. The summed E-state index contributed by atoms with van der Waals surface area (Å²) < 4.78 is 32.8. The van der Waals surface area contributed by atoms with E-state index in [9.17, 15) is 8.42 Å². The number of benzene rings is 2. The fourth-order valence-electron chi connectivity index (χ4n) is 2.09. The number of sulfonamides is 1. The van der Waals surface area contributed by atoms with E-state index in [-0.39, 0.29) is 17.0 Å². The lowest BCUT2D eigenvalue weighted by molar-refractivity contribution is 0.478. The Hall–Kier alpha value is -2.73. The van der Waals surface area contributed by atoms with Gasteiger partial charge < -0.3 is 4.74 Å². The van der Waals surface area contributed by atoms with Crippen LogP contribution >= 0.6 is 11.3 Å². The summed E-state index contributed by atoms with van der Waals surface area (Å²) >= 11 is 1.39. The zero-order valence-electron chi connectivity index (χ0n) is 12.9. The summed E-state index contributed by atoms with van der Waals surface area (Å²) in [6.45, 7) is 0.111. The highest BCUT2D eigenvalue weighted by Crippen LogP contribution is 2.23. The van der Waals surface area contributed by atoms with E-state index in [2.05, 4.69) is 9.71 Å². The standard InChI is InChI=1S/C17H13N3O3S2/c18-11-14-3-1-2-4-16(14)25(21,22)20-12-13-5-7-15(8-6-13)23-17-19-9-10-24-17/h1-10,20H,12H2. The van der Waals surface area contributed by atoms with Crippen molar-refractivity contribution in [1.29, 1.82) is 5.26 Å². The molecule has 1 aromatic heterocycles. The molecule has 126 valence electrons. The summed E-state index contributed by atoms with van der Waals surface area (Å²) in [6.07, 6.45) is 1.65. The van der Waals surface area contributed by atoms with Crippen LogP contribution in [-0.2, 0) is 16.6 Å². The first-order chi connectivity index (χ1) is 12.1. The Kier molecular flexibility index (Phi) is 5.09. The summed E-state index contributed by atoms with van der Waals surface area (Å²) in [4.78, 5) is 4.00. The van der Waals surface area contributed by atoms with Crippen molar-refractivity contribution in [2.24, 2.45) is 0 Å². The van der Waals surface area contributed by atoms with Gasteiger partial charge in [-0.25, -0.2) is 18.1 Å². The number of rotatable bonds is 6. The lowest BCUT2D eigenvalue weighted by Crippen LogP contribution is -2.24. The third-order valence-corrected chi connectivity index (χ3v) is 5.41. The molecule has 0 atom stereocenters. The van der Waals surface area contributed by atoms with E-state index in [1.165, 1.54) is 23.5 Å². The third kappa shape index (κ3) is 4.22. The van der Waals surface area contributed by atoms with Gasteiger partial charge in [0.15, 0.2) is 0 Å². The largest absolute Gasteiger partial charge is 0.431 e. The molecule has 0 amide bonds. The molecule has 0 unspecified atom stereocenters. The zero-order chi connectivity index (χ0) is 17.7. The van der Waals surface area contributed by atoms with E-state index in [4.69, 9.17) is 10.00 Å². The van der Waals surface area contributed by atoms with Gasteiger partial charge in [-0.2, -0.15) is 5.26 Å². The molecule has 3 rings (SSSR count). The molecular weight excluding hydrogens is 358 g/mol. The summed E-state index contributed by atoms with van der Waals surface area (Å²) in [5.74, 6) is 0.622. The lowest BCUT2D eigenvalue weighted by Gasteiger charge is -2.09. The highest BCUT2D eigenvalue weighted by molar-refractivity contribution is 7.89. The van der Waals surface area contributed by atoms with Gasteiger partial charge in [0.2, 0.25) is 10.0 Å². The van der Waals surface area contributed by atoms with Crippen molar-refractivity contribution in [3.63, 3.8) is 0 Å². The van der Waals surface area contributed by atoms with Gasteiger partial charge >= 0.3 is 0 Å². The molecule has 0 aliphatic heterocycles. The monoisotopic (exact) mass is 371 g/mol. The van der Waals surface area contributed by atoms with Gasteiger partial charge in [0.25, 0.3) is 5.19 Å². The molecule has 2 aromatic carbocycles. The number of aromatic nitrogens is 1. The summed E-state index contributed by atoms with van der Waals surface area (Å²) in [5.41, 5.74) is 0.881. The first-order valence-electron chi connectivity index (χ1n) is 7.23. The maximum absolute atomic E-state index is 12.4. The Bertz CT molecular complexity index is 992. The molecule has 25 heavy (non-hydrogen) atoms. The third-order valence-electron chi connectivity index (χ3n) is 3.30. The van der Waals surface area contributed by atoms with Crippen LogP contribution in [0.15, 0.2) is 65.0 Å². The normalized spacial score (nSPS) is 11.0. The van der Waals surface area contributed by atoms with Gasteiger partial charge in [-0.3, -0.25) is 0 Å². The van der Waals surface area contributed by atoms with Gasteiger partial charge in [0, 0.05) is 18.1 Å². The Balaban J connectivity index is 1.68. The maximum atomic E-state index is 12.4. The Morgan fingerprint density at radius 3 is 2.60 bits per heavy atom. The number of nitriles is 1. The molecule has 1 heterocycles. The van der Waals surface area contributed by atoms with Gasteiger partial charge in [0.05, 0.1) is 10.5 Å². The molecule has 0 saturated heterocycles. The predicted octanol–water partition coefficient (Wildman–Crippen LogP) is 3.29. The van der Waals surface area contributed by atoms with Crippen molar-refractivity contribution >= 4 is 21.4 Å². The van der Waals surface area contributed by atoms with Crippen LogP contribution in [0.1, 0.15) is 11.1 Å². The average molecular weight is 371 g/mol. The highest BCUT2D eigenvalue weighted by atomic mass is 32.2. The second-order valence-corrected chi connectivity index (χ2v) is 7.57. The second-order valence-electron chi connectivity index (χ2n) is 4.98. The van der Waals surface area contributed by atoms with E-state index in [1.807, 2.05) is 11.4 Å². The molecule has 3 aromatic rings. The summed E-state index contributed by atoms with van der Waals surface area (Å²) in [7, 11) is -3.76. The van der Waals surface area contributed by atoms with Gasteiger partial charge in [0.1, 0.15) is 11.8 Å². The minimum absolute atomic E-state index is 0.0266. The highest BCUT2D eigenvalue weighted by Gasteiger charge is 2.17. The van der Waals surface area contributed by atoms with Crippen LogP contribution in [0.5, 0.6) is 10.9 Å². The van der Waals surface area contributed by atoms with E-state index in [1.54, 1.807) is 42.6 Å². The Morgan fingerprint density at radius 2 is 1.92 bits per heavy atom. The summed E-state index contributed by atoms with van der Waals surface area (Å²) in [6, 6.07) is 15.0. The lowest BCUT2D eigenvalue weighted by atomic mass is 10.2. The minimum Gasteiger partial charge on any atom is -0.431 e. The molecule has 0 radical (unpaired) electrons. The topological polar surface area (TPSA) is 92.1 Å². The second kappa shape index (κ2) is 7.44. The van der Waals surface area contributed by atoms with E-state index in [0.717, 1.165) is 5.56 Å². The number of nitrogens with one attached hydrogen (secondary N) is 1. The number of nitrogens with zero attached hydrogens (tertiary/aromatic N) is 2. The van der Waals surface area contributed by atoms with Crippen LogP contribution in [0.25, 0.3) is 0 Å². The Morgan fingerprint density at radius 1 is 1.16 bits per heavy atom. The fraction of sp³-hybridized carbons (Fsp3) is 0.0588. The van der Waals surface area contributed by atoms with Crippen molar-refractivity contribution < 1.29 is 13.2 Å². The quantitative estimate of drug-likeness (QED) is 0.718. The maximum Gasteiger partial charge on any atom is 0.278 e. The van der Waals surface area contributed by atoms with Crippen LogP contribution in [0, 0.1) is 11.3 Å². The molecule has 6 nitrogen and oxygen atoms in total. The number of ether oxygens (including phenoxy) is 1. The van der Waals surface area contributed by atoms with E-state index in [0.29, 0.717) is 10.9 Å². The Labute approximate surface area is 149 Å². The summed E-state index contributed by atoms with van der Waals surface area (Å²) in [5, 5.41) is 11.4. The molecular formula is C17H13N3O3S2. The van der Waals surface area contributed by atoms with Crippen LogP contribution < -0.4 is 9.46 Å². The van der Waals surface area contributed by atoms with E-state index < -0.39 is 10.0 Å². The van der Waals surface area contributed by atoms with Crippen molar-refractivity contribution in [3.8, 4) is 17.0 Å². The van der Waals surface area contributed by atoms with Crippen molar-refractivity contribution in [2.75, 3.05) is 0 Å². The molecule has 0 aliphatic carbocycles. The van der Waals surface area contributed by atoms with Crippen molar-refractivity contribution in [1.82, 2.24) is 9.71 Å². The van der Waals surface area contributed by atoms with E-state index >= 15 is 0 Å². The molecule has 0 saturated carbocycles. The predicted molar refractivity (Wildman–Crippen MR) is 93.8 cm³/mol. The number of hydrogen-bond donors (Lipinski definition) is 1. The van der Waals surface area contributed by atoms with Crippen LogP contribution in [0.3, 0.4) is 0 Å². The molecule has 8 heteroatoms. The van der Waals surface area contributed by atoms with Crippen LogP contribution in [-0.4, -0.2) is 13.4 Å². The first-order valence-corrected chi connectivity index (χ1v) is 9.60. The molecule has 0 aliphatic rings. The SMILES string of the molecule is N#Cc1ccccc1S(=O)(=O)NCc1ccc(Oc2nccs2)cc1. The molecule has 0 fully saturated rings. The van der Waals surface area contributed by atoms with Gasteiger partial charge in [-0.05, 0) is 29.8 Å². The number of thiazole rings is 1. The number of hydrogen-bond acceptors (Lipinski definition) is 6.